The van der Waals surface area contributed by atoms with Gasteiger partial charge in [0.15, 0.2) is 0 Å². The molecule has 0 aromatic heterocycles. The zero-order chi connectivity index (χ0) is 5.11. The summed E-state index contributed by atoms with van der Waals surface area (Å²) in [7, 11) is 0. The van der Waals surface area contributed by atoms with Crippen LogP contribution in [0.3, 0.4) is 0 Å². The summed E-state index contributed by atoms with van der Waals surface area (Å²) in [5.74, 6) is 0. The lowest BCUT2D eigenvalue weighted by Crippen LogP contribution is -1.89. The predicted molar refractivity (Wildman–Crippen MR) is 28.0 cm³/mol. The minimum Gasteiger partial charge on any atom is -0.395 e. The first kappa shape index (κ1) is 4.62. The van der Waals surface area contributed by atoms with Crippen LogP contribution in [-0.2, 0) is 4.84 Å². The van der Waals surface area contributed by atoms with Crippen LogP contribution in [-0.4, -0.2) is 12.3 Å². The van der Waals surface area contributed by atoms with E-state index in [0.717, 1.165) is 18.7 Å². The Morgan fingerprint density at radius 1 is 1.86 bits per heavy atom. The van der Waals surface area contributed by atoms with E-state index in [1.165, 1.54) is 0 Å². The summed E-state index contributed by atoms with van der Waals surface area (Å²) in [5.41, 5.74) is 1.07. The first-order chi connectivity index (χ1) is 3.43. The highest BCUT2D eigenvalue weighted by molar-refractivity contribution is 5.92. The van der Waals surface area contributed by atoms with Crippen molar-refractivity contribution in [2.45, 2.75) is 13.3 Å². The molecule has 0 aromatic carbocycles. The van der Waals surface area contributed by atoms with Crippen LogP contribution in [0.2, 0.25) is 0 Å². The van der Waals surface area contributed by atoms with E-state index < -0.39 is 0 Å². The van der Waals surface area contributed by atoms with Gasteiger partial charge in [0.25, 0.3) is 0 Å². The maximum atomic E-state index is 4.70. The maximum Gasteiger partial charge on any atom is 0.122 e. The molecule has 1 rings (SSSR count). The second kappa shape index (κ2) is 1.96. The fraction of sp³-hybridized carbons (Fsp3) is 0.600. The maximum absolute atomic E-state index is 4.70. The van der Waals surface area contributed by atoms with Crippen molar-refractivity contribution in [3.05, 3.63) is 6.42 Å². The van der Waals surface area contributed by atoms with Crippen molar-refractivity contribution in [3.63, 3.8) is 0 Å². The molecule has 0 saturated heterocycles. The normalized spacial score (nSPS) is 18.7. The van der Waals surface area contributed by atoms with Crippen LogP contribution in [0, 0.1) is 6.42 Å². The topological polar surface area (TPSA) is 21.6 Å². The van der Waals surface area contributed by atoms with E-state index in [1.807, 2.05) is 13.3 Å². The van der Waals surface area contributed by atoms with Crippen molar-refractivity contribution in [2.75, 3.05) is 6.61 Å². The van der Waals surface area contributed by atoms with Crippen LogP contribution in [0.5, 0.6) is 0 Å². The lowest BCUT2D eigenvalue weighted by atomic mass is 10.2. The Labute approximate surface area is 43.2 Å². The summed E-state index contributed by atoms with van der Waals surface area (Å²) >= 11 is 0. The van der Waals surface area contributed by atoms with Gasteiger partial charge in [0.05, 0.1) is 5.71 Å². The molecule has 39 valence electrons. The number of nitrogens with zero attached hydrogens (tertiary/aromatic N) is 1. The van der Waals surface area contributed by atoms with Crippen molar-refractivity contribution >= 4 is 5.71 Å². The fourth-order valence-electron chi connectivity index (χ4n) is 0.521. The molecular weight excluding hydrogens is 90.1 g/mol. The zero-order valence-electron chi connectivity index (χ0n) is 4.35. The highest BCUT2D eigenvalue weighted by Gasteiger charge is 2.03. The molecule has 0 bridgehead atoms. The molecule has 0 atom stereocenters. The lowest BCUT2D eigenvalue weighted by molar-refractivity contribution is 0.174. The standard InChI is InChI=1S/C5H8NO/c1-2-5-3-4-7-6-5/h2H,3-4H2,1H3. The molecule has 0 N–H and O–H groups in total. The van der Waals surface area contributed by atoms with Gasteiger partial charge in [-0.2, -0.15) is 0 Å². The van der Waals surface area contributed by atoms with Gasteiger partial charge in [-0.3, -0.25) is 0 Å². The Hall–Kier alpha value is -0.530. The van der Waals surface area contributed by atoms with Gasteiger partial charge in [0.2, 0.25) is 0 Å². The van der Waals surface area contributed by atoms with Gasteiger partial charge < -0.3 is 4.84 Å². The zero-order valence-corrected chi connectivity index (χ0v) is 4.35. The van der Waals surface area contributed by atoms with Crippen molar-refractivity contribution in [1.82, 2.24) is 0 Å². The van der Waals surface area contributed by atoms with E-state index >= 15 is 0 Å². The first-order valence-electron chi connectivity index (χ1n) is 2.41. The molecule has 0 spiro atoms. The summed E-state index contributed by atoms with van der Waals surface area (Å²) in [5, 5.41) is 3.72. The predicted octanol–water partition coefficient (Wildman–Crippen LogP) is 0.987. The highest BCUT2D eigenvalue weighted by Crippen LogP contribution is 2.00. The second-order valence-electron chi connectivity index (χ2n) is 1.45. The third-order valence-corrected chi connectivity index (χ3v) is 0.965. The van der Waals surface area contributed by atoms with E-state index in [2.05, 4.69) is 5.16 Å². The third-order valence-electron chi connectivity index (χ3n) is 0.965. The fourth-order valence-corrected chi connectivity index (χ4v) is 0.521. The summed E-state index contributed by atoms with van der Waals surface area (Å²) < 4.78 is 0. The number of hydrogen-bond acceptors (Lipinski definition) is 2. The molecule has 1 radical (unpaired) electrons. The first-order valence-corrected chi connectivity index (χ1v) is 2.41. The molecule has 7 heavy (non-hydrogen) atoms. The molecule has 0 unspecified atom stereocenters. The van der Waals surface area contributed by atoms with Crippen LogP contribution < -0.4 is 0 Å². The Balaban J connectivity index is 2.36. The van der Waals surface area contributed by atoms with Crippen LogP contribution in [0.1, 0.15) is 13.3 Å². The molecule has 0 aromatic rings. The summed E-state index contributed by atoms with van der Waals surface area (Å²) in [4.78, 5) is 4.70. The minimum absolute atomic E-state index is 0.764. The molecule has 2 heteroatoms. The van der Waals surface area contributed by atoms with Gasteiger partial charge in [-0.25, -0.2) is 0 Å². The van der Waals surface area contributed by atoms with E-state index in [0.29, 0.717) is 0 Å². The summed E-state index contributed by atoms with van der Waals surface area (Å²) in [6.45, 7) is 2.73. The largest absolute Gasteiger partial charge is 0.395 e. The Bertz CT molecular complexity index is 88.1. The molecule has 1 aliphatic heterocycles. The third kappa shape index (κ3) is 0.918. The molecule has 2 nitrogen and oxygen atoms in total. The summed E-state index contributed by atoms with van der Waals surface area (Å²) in [6, 6.07) is 0. The number of hydrogen-bond donors (Lipinski definition) is 0. The molecular formula is C5H8NO. The Morgan fingerprint density at radius 3 is 3.00 bits per heavy atom. The second-order valence-corrected chi connectivity index (χ2v) is 1.45. The minimum atomic E-state index is 0.764. The van der Waals surface area contributed by atoms with Crippen molar-refractivity contribution in [2.24, 2.45) is 5.16 Å². The van der Waals surface area contributed by atoms with Crippen molar-refractivity contribution in [3.8, 4) is 0 Å². The molecule has 0 aliphatic carbocycles. The van der Waals surface area contributed by atoms with E-state index in [1.54, 1.807) is 0 Å². The molecule has 0 amide bonds. The quantitative estimate of drug-likeness (QED) is 0.479. The number of oxime groups is 1. The van der Waals surface area contributed by atoms with Gasteiger partial charge in [-0.15, -0.1) is 0 Å². The van der Waals surface area contributed by atoms with Gasteiger partial charge in [0.1, 0.15) is 6.61 Å². The molecule has 1 aliphatic rings. The smallest absolute Gasteiger partial charge is 0.122 e. The van der Waals surface area contributed by atoms with Crippen molar-refractivity contribution < 1.29 is 4.84 Å². The lowest BCUT2D eigenvalue weighted by Gasteiger charge is -1.80. The van der Waals surface area contributed by atoms with Crippen LogP contribution in [0.4, 0.5) is 0 Å². The Kier molecular flexibility index (Phi) is 1.29. The van der Waals surface area contributed by atoms with Gasteiger partial charge in [0, 0.05) is 12.8 Å². The van der Waals surface area contributed by atoms with Gasteiger partial charge in [-0.05, 0) is 0 Å². The van der Waals surface area contributed by atoms with Gasteiger partial charge >= 0.3 is 0 Å². The number of rotatable bonds is 1. The van der Waals surface area contributed by atoms with Crippen molar-refractivity contribution in [1.29, 1.82) is 0 Å². The van der Waals surface area contributed by atoms with Crippen LogP contribution >= 0.6 is 0 Å². The average molecular weight is 98.1 g/mol. The molecule has 0 fully saturated rings. The van der Waals surface area contributed by atoms with Crippen LogP contribution in [0.15, 0.2) is 5.16 Å². The monoisotopic (exact) mass is 98.1 g/mol. The van der Waals surface area contributed by atoms with Gasteiger partial charge in [-0.1, -0.05) is 12.1 Å². The van der Waals surface area contributed by atoms with E-state index in [9.17, 15) is 0 Å². The molecule has 1 heterocycles. The SMILES string of the molecule is C[CH]C1=NOCC1. The van der Waals surface area contributed by atoms with E-state index in [4.69, 9.17) is 4.84 Å². The average Bonchev–Trinajstić information content (AvgIpc) is 2.14. The molecule has 0 saturated carbocycles. The summed E-state index contributed by atoms with van der Waals surface area (Å²) in [6.07, 6.45) is 2.95. The van der Waals surface area contributed by atoms with E-state index in [-0.39, 0.29) is 0 Å². The van der Waals surface area contributed by atoms with Crippen LogP contribution in [0.25, 0.3) is 0 Å². The highest BCUT2D eigenvalue weighted by atomic mass is 16.6. The Morgan fingerprint density at radius 2 is 2.71 bits per heavy atom.